The van der Waals surface area contributed by atoms with Crippen LogP contribution in [0.1, 0.15) is 10.7 Å². The van der Waals surface area contributed by atoms with Gasteiger partial charge in [-0.2, -0.15) is 0 Å². The quantitative estimate of drug-likeness (QED) is 0.821. The van der Waals surface area contributed by atoms with Crippen molar-refractivity contribution in [2.24, 2.45) is 5.73 Å². The van der Waals surface area contributed by atoms with E-state index >= 15 is 0 Å². The van der Waals surface area contributed by atoms with E-state index in [0.29, 0.717) is 30.2 Å². The topological polar surface area (TPSA) is 84.7 Å². The first-order valence-corrected chi connectivity index (χ1v) is 5.80. The summed E-state index contributed by atoms with van der Waals surface area (Å²) in [6.45, 7) is 2.39. The number of rotatable bonds is 3. The molecule has 2 aromatic heterocycles. The van der Waals surface area contributed by atoms with Crippen LogP contribution in [-0.2, 0) is 6.42 Å². The van der Waals surface area contributed by atoms with Crippen LogP contribution in [0.3, 0.4) is 0 Å². The standard InChI is InChI=1S/C10H12N4OS/c1-6-12-8(5-16-6)10-13-7(2-3-11)4-9(15)14-10/h4-5H,2-3,11H2,1H3,(H,13,14,15). The normalized spacial score (nSPS) is 10.6. The van der Waals surface area contributed by atoms with E-state index in [1.807, 2.05) is 12.3 Å². The zero-order valence-electron chi connectivity index (χ0n) is 8.86. The molecule has 0 atom stereocenters. The Kier molecular flexibility index (Phi) is 3.12. The Morgan fingerprint density at radius 3 is 2.94 bits per heavy atom. The van der Waals surface area contributed by atoms with Crippen LogP contribution in [0.25, 0.3) is 11.5 Å². The van der Waals surface area contributed by atoms with E-state index in [9.17, 15) is 4.79 Å². The van der Waals surface area contributed by atoms with Gasteiger partial charge in [0.2, 0.25) is 0 Å². The molecule has 84 valence electrons. The first-order valence-electron chi connectivity index (χ1n) is 4.92. The first-order chi connectivity index (χ1) is 7.69. The summed E-state index contributed by atoms with van der Waals surface area (Å²) in [6, 6.07) is 1.47. The van der Waals surface area contributed by atoms with Gasteiger partial charge < -0.3 is 10.7 Å². The highest BCUT2D eigenvalue weighted by Gasteiger charge is 2.06. The third-order valence-electron chi connectivity index (χ3n) is 2.06. The lowest BCUT2D eigenvalue weighted by molar-refractivity contribution is 0.903. The van der Waals surface area contributed by atoms with Crippen LogP contribution in [0.5, 0.6) is 0 Å². The second kappa shape index (κ2) is 4.54. The van der Waals surface area contributed by atoms with Crippen molar-refractivity contribution in [2.75, 3.05) is 6.54 Å². The van der Waals surface area contributed by atoms with E-state index in [1.165, 1.54) is 17.4 Å². The summed E-state index contributed by atoms with van der Waals surface area (Å²) in [5.41, 5.74) is 6.68. The summed E-state index contributed by atoms with van der Waals surface area (Å²) in [5, 5.41) is 2.82. The molecule has 2 aromatic rings. The fourth-order valence-electron chi connectivity index (χ4n) is 1.38. The van der Waals surface area contributed by atoms with Crippen LogP contribution < -0.4 is 11.3 Å². The molecular weight excluding hydrogens is 224 g/mol. The lowest BCUT2D eigenvalue weighted by atomic mass is 10.3. The van der Waals surface area contributed by atoms with Crippen LogP contribution in [0.15, 0.2) is 16.2 Å². The predicted molar refractivity (Wildman–Crippen MR) is 63.5 cm³/mol. The van der Waals surface area contributed by atoms with E-state index in [-0.39, 0.29) is 5.56 Å². The van der Waals surface area contributed by atoms with Gasteiger partial charge in [-0.1, -0.05) is 0 Å². The van der Waals surface area contributed by atoms with Crippen molar-refractivity contribution in [3.63, 3.8) is 0 Å². The van der Waals surface area contributed by atoms with Crippen LogP contribution in [0.2, 0.25) is 0 Å². The van der Waals surface area contributed by atoms with Gasteiger partial charge in [0.05, 0.1) is 5.01 Å². The molecule has 5 nitrogen and oxygen atoms in total. The third-order valence-corrected chi connectivity index (χ3v) is 2.83. The fourth-order valence-corrected chi connectivity index (χ4v) is 1.97. The van der Waals surface area contributed by atoms with Crippen molar-refractivity contribution in [3.05, 3.63) is 32.5 Å². The van der Waals surface area contributed by atoms with Gasteiger partial charge in [-0.3, -0.25) is 4.79 Å². The van der Waals surface area contributed by atoms with Gasteiger partial charge in [0, 0.05) is 23.6 Å². The molecule has 0 aromatic carbocycles. The Bertz CT molecular complexity index is 546. The first kappa shape index (κ1) is 11.0. The average Bonchev–Trinajstić information content (AvgIpc) is 2.64. The molecule has 6 heteroatoms. The smallest absolute Gasteiger partial charge is 0.251 e. The van der Waals surface area contributed by atoms with Crippen molar-refractivity contribution >= 4 is 11.3 Å². The van der Waals surface area contributed by atoms with Gasteiger partial charge in [0.25, 0.3) is 5.56 Å². The molecule has 0 unspecified atom stereocenters. The molecule has 0 spiro atoms. The van der Waals surface area contributed by atoms with Gasteiger partial charge in [-0.25, -0.2) is 9.97 Å². The number of nitrogens with two attached hydrogens (primary N) is 1. The number of thiazole rings is 1. The summed E-state index contributed by atoms with van der Waals surface area (Å²) in [5.74, 6) is 0.514. The number of aromatic nitrogens is 3. The number of hydrogen-bond acceptors (Lipinski definition) is 5. The Balaban J connectivity index is 2.44. The Hall–Kier alpha value is -1.53. The number of H-pyrrole nitrogens is 1. The Morgan fingerprint density at radius 1 is 1.50 bits per heavy atom. The molecule has 0 saturated heterocycles. The highest BCUT2D eigenvalue weighted by Crippen LogP contribution is 2.16. The zero-order valence-corrected chi connectivity index (χ0v) is 9.67. The van der Waals surface area contributed by atoms with Crippen molar-refractivity contribution < 1.29 is 0 Å². The molecule has 0 saturated carbocycles. The lowest BCUT2D eigenvalue weighted by Crippen LogP contribution is -2.13. The zero-order chi connectivity index (χ0) is 11.5. The maximum atomic E-state index is 11.4. The largest absolute Gasteiger partial charge is 0.330 e. The van der Waals surface area contributed by atoms with Crippen molar-refractivity contribution in [1.82, 2.24) is 15.0 Å². The average molecular weight is 236 g/mol. The minimum atomic E-state index is -0.167. The molecule has 0 bridgehead atoms. The van der Waals surface area contributed by atoms with Crippen LogP contribution >= 0.6 is 11.3 Å². The summed E-state index contributed by atoms with van der Waals surface area (Å²) < 4.78 is 0. The molecule has 0 aliphatic heterocycles. The molecule has 0 radical (unpaired) electrons. The van der Waals surface area contributed by atoms with Crippen LogP contribution in [0, 0.1) is 6.92 Å². The van der Waals surface area contributed by atoms with Crippen LogP contribution in [-0.4, -0.2) is 21.5 Å². The summed E-state index contributed by atoms with van der Waals surface area (Å²) in [7, 11) is 0. The predicted octanol–water partition coefficient (Wildman–Crippen LogP) is 0.703. The number of aromatic amines is 1. The van der Waals surface area contributed by atoms with E-state index in [0.717, 1.165) is 5.01 Å². The van der Waals surface area contributed by atoms with Crippen LogP contribution in [0.4, 0.5) is 0 Å². The maximum absolute atomic E-state index is 11.4. The van der Waals surface area contributed by atoms with Gasteiger partial charge in [-0.15, -0.1) is 11.3 Å². The molecule has 3 N–H and O–H groups in total. The highest BCUT2D eigenvalue weighted by atomic mass is 32.1. The molecule has 0 aliphatic carbocycles. The maximum Gasteiger partial charge on any atom is 0.251 e. The van der Waals surface area contributed by atoms with Gasteiger partial charge in [-0.05, 0) is 13.5 Å². The number of aryl methyl sites for hydroxylation is 1. The highest BCUT2D eigenvalue weighted by molar-refractivity contribution is 7.09. The monoisotopic (exact) mass is 236 g/mol. The van der Waals surface area contributed by atoms with Crippen molar-refractivity contribution in [3.8, 4) is 11.5 Å². The number of nitrogens with one attached hydrogen (secondary N) is 1. The van der Waals surface area contributed by atoms with Gasteiger partial charge in [0.1, 0.15) is 5.69 Å². The third kappa shape index (κ3) is 2.34. The number of hydrogen-bond donors (Lipinski definition) is 2. The van der Waals surface area contributed by atoms with Crippen molar-refractivity contribution in [1.29, 1.82) is 0 Å². The van der Waals surface area contributed by atoms with Gasteiger partial charge >= 0.3 is 0 Å². The van der Waals surface area contributed by atoms with Crippen molar-refractivity contribution in [2.45, 2.75) is 13.3 Å². The summed E-state index contributed by atoms with van der Waals surface area (Å²) >= 11 is 1.53. The Labute approximate surface area is 96.4 Å². The molecule has 0 fully saturated rings. The molecule has 0 amide bonds. The molecule has 0 aliphatic rings. The molecule has 2 rings (SSSR count). The minimum Gasteiger partial charge on any atom is -0.330 e. The SMILES string of the molecule is Cc1nc(-c2nc(CCN)cc(=O)[nH]2)cs1. The second-order valence-corrected chi connectivity index (χ2v) is 4.44. The molecule has 2 heterocycles. The lowest BCUT2D eigenvalue weighted by Gasteiger charge is -2.00. The second-order valence-electron chi connectivity index (χ2n) is 3.38. The Morgan fingerprint density at radius 2 is 2.31 bits per heavy atom. The number of nitrogens with zero attached hydrogens (tertiary/aromatic N) is 2. The minimum absolute atomic E-state index is 0.167. The molecule has 16 heavy (non-hydrogen) atoms. The van der Waals surface area contributed by atoms with E-state index in [1.54, 1.807) is 0 Å². The molecular formula is C10H12N4OS. The summed E-state index contributed by atoms with van der Waals surface area (Å²) in [6.07, 6.45) is 0.597. The summed E-state index contributed by atoms with van der Waals surface area (Å²) in [4.78, 5) is 22.7. The van der Waals surface area contributed by atoms with E-state index < -0.39 is 0 Å². The van der Waals surface area contributed by atoms with E-state index in [2.05, 4.69) is 15.0 Å². The fraction of sp³-hybridized carbons (Fsp3) is 0.300. The van der Waals surface area contributed by atoms with E-state index in [4.69, 9.17) is 5.73 Å². The van der Waals surface area contributed by atoms with Gasteiger partial charge in [0.15, 0.2) is 5.82 Å².